The van der Waals surface area contributed by atoms with Gasteiger partial charge >= 0.3 is 0 Å². The number of fused-ring (bicyclic) bond motifs is 2. The molecule has 0 unspecified atom stereocenters. The second-order valence-electron chi connectivity index (χ2n) is 11.5. The van der Waals surface area contributed by atoms with E-state index in [1.54, 1.807) is 10.6 Å². The van der Waals surface area contributed by atoms with Gasteiger partial charge in [0.25, 0.3) is 11.5 Å². The van der Waals surface area contributed by atoms with E-state index in [9.17, 15) is 22.8 Å². The van der Waals surface area contributed by atoms with Gasteiger partial charge in [0.15, 0.2) is 0 Å². The van der Waals surface area contributed by atoms with Crippen LogP contribution in [0.25, 0.3) is 0 Å². The monoisotopic (exact) mass is 541 g/mol. The molecule has 202 valence electrons. The van der Waals surface area contributed by atoms with Crippen molar-refractivity contribution in [3.8, 4) is 0 Å². The van der Waals surface area contributed by atoms with E-state index in [0.717, 1.165) is 31.9 Å². The number of amides is 2. The van der Waals surface area contributed by atoms with E-state index < -0.39 is 21.1 Å². The zero-order valence-electron chi connectivity index (χ0n) is 21.4. The van der Waals surface area contributed by atoms with Crippen LogP contribution in [0, 0.1) is 17.8 Å². The third-order valence-electron chi connectivity index (χ3n) is 8.66. The molecule has 0 radical (unpaired) electrons. The number of nitrogens with one attached hydrogen (secondary N) is 4. The molecule has 2 amide bonds. The highest BCUT2D eigenvalue weighted by Crippen LogP contribution is 2.59. The molecule has 4 N–H and O–H groups in total. The average molecular weight is 542 g/mol. The summed E-state index contributed by atoms with van der Waals surface area (Å²) >= 11 is 0. The van der Waals surface area contributed by atoms with Crippen molar-refractivity contribution < 1.29 is 18.0 Å². The Morgan fingerprint density at radius 3 is 2.32 bits per heavy atom. The van der Waals surface area contributed by atoms with E-state index in [-0.39, 0.29) is 35.4 Å². The molecule has 12 nitrogen and oxygen atoms in total. The maximum absolute atomic E-state index is 13.7. The lowest BCUT2D eigenvalue weighted by Crippen LogP contribution is -2.50. The first-order valence-electron chi connectivity index (χ1n) is 12.9. The number of hydrogen-bond acceptors (Lipinski definition) is 8. The Hall–Kier alpha value is -3.32. The van der Waals surface area contributed by atoms with Gasteiger partial charge in [0.2, 0.25) is 15.9 Å². The highest BCUT2D eigenvalue weighted by molar-refractivity contribution is 7.88. The number of rotatable bonds is 7. The van der Waals surface area contributed by atoms with Crippen molar-refractivity contribution in [3.05, 3.63) is 40.1 Å². The lowest BCUT2D eigenvalue weighted by Gasteiger charge is -2.39. The Kier molecular flexibility index (Phi) is 5.48. The van der Waals surface area contributed by atoms with Crippen LogP contribution in [-0.4, -0.2) is 47.6 Å². The van der Waals surface area contributed by atoms with Crippen LogP contribution in [0.15, 0.2) is 23.3 Å². The van der Waals surface area contributed by atoms with Crippen molar-refractivity contribution in [3.63, 3.8) is 0 Å². The summed E-state index contributed by atoms with van der Waals surface area (Å²) in [6, 6.07) is 3.16. The fourth-order valence-corrected chi connectivity index (χ4v) is 6.39. The Bertz CT molecular complexity index is 1510. The molecule has 3 heterocycles. The van der Waals surface area contributed by atoms with Gasteiger partial charge in [0.1, 0.15) is 35.0 Å². The number of aromatic nitrogens is 3. The highest BCUT2D eigenvalue weighted by Gasteiger charge is 2.54. The molecule has 0 aromatic carbocycles. The molecule has 3 aliphatic carbocycles. The van der Waals surface area contributed by atoms with E-state index >= 15 is 0 Å². The molecule has 2 aromatic heterocycles. The zero-order chi connectivity index (χ0) is 26.9. The molecule has 2 aromatic rings. The summed E-state index contributed by atoms with van der Waals surface area (Å²) in [5, 5.41) is 8.92. The predicted octanol–water partition coefficient (Wildman–Crippen LogP) is 1.71. The van der Waals surface area contributed by atoms with E-state index in [2.05, 4.69) is 30.6 Å². The van der Waals surface area contributed by atoms with Gasteiger partial charge in [-0.2, -0.15) is 0 Å². The highest BCUT2D eigenvalue weighted by atomic mass is 32.2. The van der Waals surface area contributed by atoms with Gasteiger partial charge in [-0.05, 0) is 75.3 Å². The maximum atomic E-state index is 13.7. The second kappa shape index (κ2) is 8.34. The Balaban J connectivity index is 1.23. The van der Waals surface area contributed by atoms with Crippen molar-refractivity contribution in [1.29, 1.82) is 0 Å². The van der Waals surface area contributed by atoms with Crippen LogP contribution in [-0.2, 0) is 20.5 Å². The molecule has 38 heavy (non-hydrogen) atoms. The van der Waals surface area contributed by atoms with Crippen LogP contribution in [0.5, 0.6) is 0 Å². The molecule has 4 aliphatic rings. The quantitative estimate of drug-likeness (QED) is 0.411. The Morgan fingerprint density at radius 2 is 1.68 bits per heavy atom. The molecular weight excluding hydrogens is 510 g/mol. The van der Waals surface area contributed by atoms with Crippen molar-refractivity contribution in [2.75, 3.05) is 23.4 Å². The summed E-state index contributed by atoms with van der Waals surface area (Å²) in [6.07, 6.45) is 9.35. The number of nitrogens with zero attached hydrogens (tertiary/aromatic N) is 3. The standard InChI is InChI=1S/C25H31N7O5S/c1-15-11-16(21(34)32-19(15)20(33)31-25(32)9-5-23(3-4-23)6-10-25)29-17-12-18(27-14-26-17)30-22(35)24(7-8-24)13-28-38(2,36)37/h11-12,14,28H,3-10,13H2,1-2H3,(H,31,33)(H2,26,27,29,30,35). The van der Waals surface area contributed by atoms with Crippen molar-refractivity contribution in [1.82, 2.24) is 24.6 Å². The lowest BCUT2D eigenvalue weighted by atomic mass is 9.79. The van der Waals surface area contributed by atoms with E-state index in [4.69, 9.17) is 0 Å². The third kappa shape index (κ3) is 4.37. The summed E-state index contributed by atoms with van der Waals surface area (Å²) in [4.78, 5) is 47.8. The van der Waals surface area contributed by atoms with Crippen molar-refractivity contribution in [2.24, 2.45) is 10.8 Å². The lowest BCUT2D eigenvalue weighted by molar-refractivity contribution is -0.120. The molecular formula is C25H31N7O5S. The van der Waals surface area contributed by atoms with E-state index in [1.165, 1.54) is 25.2 Å². The van der Waals surface area contributed by atoms with Gasteiger partial charge in [0.05, 0.1) is 11.7 Å². The second-order valence-corrected chi connectivity index (χ2v) is 13.3. The minimum absolute atomic E-state index is 0.0225. The minimum atomic E-state index is -3.42. The maximum Gasteiger partial charge on any atom is 0.276 e. The van der Waals surface area contributed by atoms with Gasteiger partial charge in [-0.25, -0.2) is 23.1 Å². The smallest absolute Gasteiger partial charge is 0.276 e. The Morgan fingerprint density at radius 1 is 1.03 bits per heavy atom. The van der Waals surface area contributed by atoms with E-state index in [0.29, 0.717) is 35.3 Å². The number of pyridine rings is 1. The first-order chi connectivity index (χ1) is 17.9. The van der Waals surface area contributed by atoms with Gasteiger partial charge in [-0.3, -0.25) is 19.0 Å². The number of hydrogen-bond donors (Lipinski definition) is 4. The van der Waals surface area contributed by atoms with Crippen LogP contribution in [0.3, 0.4) is 0 Å². The summed E-state index contributed by atoms with van der Waals surface area (Å²) in [5.41, 5.74) is -0.0440. The van der Waals surface area contributed by atoms with Gasteiger partial charge in [-0.1, -0.05) is 0 Å². The van der Waals surface area contributed by atoms with Crippen LogP contribution in [0.1, 0.15) is 67.4 Å². The van der Waals surface area contributed by atoms with E-state index in [1.807, 2.05) is 6.92 Å². The number of aryl methyl sites for hydroxylation is 1. The normalized spacial score (nSPS) is 21.6. The van der Waals surface area contributed by atoms with Gasteiger partial charge in [-0.15, -0.1) is 0 Å². The summed E-state index contributed by atoms with van der Waals surface area (Å²) in [5.74, 6) is -0.0156. The molecule has 3 saturated carbocycles. The van der Waals surface area contributed by atoms with Gasteiger partial charge < -0.3 is 16.0 Å². The summed E-state index contributed by atoms with van der Waals surface area (Å²) in [7, 11) is -3.42. The van der Waals surface area contributed by atoms with Crippen LogP contribution in [0.4, 0.5) is 17.3 Å². The molecule has 2 spiro atoms. The third-order valence-corrected chi connectivity index (χ3v) is 9.32. The zero-order valence-corrected chi connectivity index (χ0v) is 22.2. The molecule has 0 saturated heterocycles. The molecule has 1 aliphatic heterocycles. The van der Waals surface area contributed by atoms with Crippen LogP contribution in [0.2, 0.25) is 0 Å². The first kappa shape index (κ1) is 25.0. The minimum Gasteiger partial charge on any atom is -0.336 e. The molecule has 0 bridgehead atoms. The first-order valence-corrected chi connectivity index (χ1v) is 14.8. The SMILES string of the molecule is Cc1cc(Nc2cc(NC(=O)C3(CNS(C)(=O)=O)CC3)ncn2)c(=O)n2c1C(=O)NC21CCC2(CC2)CC1. The predicted molar refractivity (Wildman–Crippen MR) is 139 cm³/mol. The van der Waals surface area contributed by atoms with Crippen molar-refractivity contribution in [2.45, 2.75) is 64.0 Å². The fourth-order valence-electron chi connectivity index (χ4n) is 5.85. The summed E-state index contributed by atoms with van der Waals surface area (Å²) < 4.78 is 26.9. The molecule has 13 heteroatoms. The van der Waals surface area contributed by atoms with Crippen LogP contribution >= 0.6 is 0 Å². The Labute approximate surface area is 220 Å². The molecule has 6 rings (SSSR count). The average Bonchev–Trinajstić information content (AvgIpc) is 3.78. The summed E-state index contributed by atoms with van der Waals surface area (Å²) in [6.45, 7) is 1.83. The molecule has 3 fully saturated rings. The topological polar surface area (TPSA) is 164 Å². The molecule has 0 atom stereocenters. The largest absolute Gasteiger partial charge is 0.336 e. The number of anilines is 3. The van der Waals surface area contributed by atoms with Crippen LogP contribution < -0.4 is 26.2 Å². The fraction of sp³-hybridized carbons (Fsp3) is 0.560. The number of carbonyl (C=O) groups excluding carboxylic acids is 2. The van der Waals surface area contributed by atoms with Crippen molar-refractivity contribution >= 4 is 39.2 Å². The number of sulfonamides is 1. The van der Waals surface area contributed by atoms with Gasteiger partial charge in [0, 0.05) is 12.6 Å². The number of carbonyl (C=O) groups is 2.